The van der Waals surface area contributed by atoms with Crippen LogP contribution in [0.15, 0.2) is 75.2 Å². The van der Waals surface area contributed by atoms with Crippen LogP contribution in [0.25, 0.3) is 10.9 Å². The highest BCUT2D eigenvalue weighted by atomic mass is 79.9. The van der Waals surface area contributed by atoms with Gasteiger partial charge in [0.05, 0.1) is 26.5 Å². The van der Waals surface area contributed by atoms with Gasteiger partial charge in [-0.25, -0.2) is 9.97 Å². The topological polar surface area (TPSA) is 113 Å². The lowest BCUT2D eigenvalue weighted by molar-refractivity contribution is -0.385. The van der Waals surface area contributed by atoms with Gasteiger partial charge < -0.3 is 4.74 Å². The van der Waals surface area contributed by atoms with Crippen molar-refractivity contribution in [3.05, 3.63) is 97.1 Å². The molecular weight excluding hydrogens is 526 g/mol. The van der Waals surface area contributed by atoms with E-state index in [-0.39, 0.29) is 23.0 Å². The number of hydrogen-bond donors (Lipinski definition) is 0. The molecule has 2 aromatic heterocycles. The van der Waals surface area contributed by atoms with Crippen molar-refractivity contribution in [3.63, 3.8) is 0 Å². The Kier molecular flexibility index (Phi) is 6.86. The zero-order valence-corrected chi connectivity index (χ0v) is 20.8. The van der Waals surface area contributed by atoms with Crippen LogP contribution in [0.2, 0.25) is 0 Å². The maximum absolute atomic E-state index is 13.3. The third-order valence-corrected chi connectivity index (χ3v) is 6.79. The standard InChI is InChI=1S/C26H22BrN5O4/c27-21-14-17(10-12-23(21)36-24-13-11-19(16-28-24)32(34)35)15-29-31-25(18-6-2-1-3-7-18)30-22-9-5-4-8-20(22)26(31)33/h4-5,8-16,18H,1-3,6-7H2. The van der Waals surface area contributed by atoms with E-state index in [1.807, 2.05) is 24.3 Å². The molecule has 0 spiro atoms. The van der Waals surface area contributed by atoms with E-state index in [0.717, 1.165) is 37.4 Å². The van der Waals surface area contributed by atoms with E-state index in [2.05, 4.69) is 26.0 Å². The predicted molar refractivity (Wildman–Crippen MR) is 140 cm³/mol. The van der Waals surface area contributed by atoms with Crippen molar-refractivity contribution in [2.45, 2.75) is 38.0 Å². The number of rotatable bonds is 6. The molecule has 0 N–H and O–H groups in total. The normalized spacial score (nSPS) is 14.4. The quantitative estimate of drug-likeness (QED) is 0.162. The van der Waals surface area contributed by atoms with Gasteiger partial charge in [-0.2, -0.15) is 9.78 Å². The van der Waals surface area contributed by atoms with Gasteiger partial charge in [-0.05, 0) is 64.7 Å². The van der Waals surface area contributed by atoms with Crippen LogP contribution in [0, 0.1) is 10.1 Å². The number of para-hydroxylation sites is 1. The van der Waals surface area contributed by atoms with Crippen LogP contribution in [0.3, 0.4) is 0 Å². The molecule has 0 unspecified atom stereocenters. The predicted octanol–water partition coefficient (Wildman–Crippen LogP) is 6.18. The zero-order valence-electron chi connectivity index (χ0n) is 19.2. The van der Waals surface area contributed by atoms with Crippen LogP contribution in [-0.4, -0.2) is 25.8 Å². The van der Waals surface area contributed by atoms with Crippen LogP contribution < -0.4 is 10.3 Å². The van der Waals surface area contributed by atoms with Crippen LogP contribution in [0.4, 0.5) is 5.69 Å². The second kappa shape index (κ2) is 10.4. The highest BCUT2D eigenvalue weighted by Gasteiger charge is 2.22. The molecule has 2 heterocycles. The molecule has 2 aromatic carbocycles. The molecule has 5 rings (SSSR count). The lowest BCUT2D eigenvalue weighted by Crippen LogP contribution is -2.25. The summed E-state index contributed by atoms with van der Waals surface area (Å²) in [6.07, 6.45) is 8.20. The minimum Gasteiger partial charge on any atom is -0.438 e. The Morgan fingerprint density at radius 2 is 1.92 bits per heavy atom. The fraction of sp³-hybridized carbons (Fsp3) is 0.231. The van der Waals surface area contributed by atoms with Gasteiger partial charge in [-0.3, -0.25) is 14.9 Å². The molecule has 9 nitrogen and oxygen atoms in total. The minimum absolute atomic E-state index is 0.112. The van der Waals surface area contributed by atoms with Crippen molar-refractivity contribution >= 4 is 38.7 Å². The molecule has 1 aliphatic rings. The van der Waals surface area contributed by atoms with Crippen molar-refractivity contribution < 1.29 is 9.66 Å². The minimum atomic E-state index is -0.517. The summed E-state index contributed by atoms with van der Waals surface area (Å²) in [7, 11) is 0. The Bertz CT molecular complexity index is 1510. The summed E-state index contributed by atoms with van der Waals surface area (Å²) in [5, 5.41) is 15.9. The summed E-state index contributed by atoms with van der Waals surface area (Å²) >= 11 is 3.49. The Morgan fingerprint density at radius 3 is 2.64 bits per heavy atom. The lowest BCUT2D eigenvalue weighted by Gasteiger charge is -2.22. The van der Waals surface area contributed by atoms with Crippen LogP contribution in [-0.2, 0) is 0 Å². The number of aromatic nitrogens is 3. The highest BCUT2D eigenvalue weighted by Crippen LogP contribution is 2.32. The lowest BCUT2D eigenvalue weighted by atomic mass is 9.88. The van der Waals surface area contributed by atoms with E-state index >= 15 is 0 Å². The number of hydrogen-bond acceptors (Lipinski definition) is 7. The van der Waals surface area contributed by atoms with E-state index in [1.165, 1.54) is 23.2 Å². The van der Waals surface area contributed by atoms with Crippen molar-refractivity contribution in [1.82, 2.24) is 14.6 Å². The Balaban J connectivity index is 1.44. The largest absolute Gasteiger partial charge is 0.438 e. The first-order valence-electron chi connectivity index (χ1n) is 11.6. The Morgan fingerprint density at radius 1 is 1.11 bits per heavy atom. The monoisotopic (exact) mass is 547 g/mol. The SMILES string of the molecule is O=c1c2ccccc2nc(C2CCCCC2)n1N=Cc1ccc(Oc2ccc([N+](=O)[O-])cn2)c(Br)c1. The number of ether oxygens (including phenoxy) is 1. The third-order valence-electron chi connectivity index (χ3n) is 6.17. The van der Waals surface area contributed by atoms with Gasteiger partial charge in [0.15, 0.2) is 0 Å². The van der Waals surface area contributed by atoms with Gasteiger partial charge in [-0.15, -0.1) is 0 Å². The zero-order chi connectivity index (χ0) is 25.1. The fourth-order valence-electron chi connectivity index (χ4n) is 4.34. The van der Waals surface area contributed by atoms with E-state index in [1.54, 1.807) is 24.4 Å². The summed E-state index contributed by atoms with van der Waals surface area (Å²) in [6, 6.07) is 15.5. The van der Waals surface area contributed by atoms with E-state index < -0.39 is 4.92 Å². The molecule has 0 radical (unpaired) electrons. The van der Waals surface area contributed by atoms with Crippen molar-refractivity contribution in [3.8, 4) is 11.6 Å². The highest BCUT2D eigenvalue weighted by molar-refractivity contribution is 9.10. The van der Waals surface area contributed by atoms with E-state index in [9.17, 15) is 14.9 Å². The molecule has 4 aromatic rings. The molecule has 1 fully saturated rings. The molecule has 1 aliphatic carbocycles. The first-order valence-corrected chi connectivity index (χ1v) is 12.4. The van der Waals surface area contributed by atoms with E-state index in [0.29, 0.717) is 26.9 Å². The first-order chi connectivity index (χ1) is 17.5. The molecule has 36 heavy (non-hydrogen) atoms. The second-order valence-corrected chi connectivity index (χ2v) is 9.44. The number of nitro groups is 1. The molecule has 0 atom stereocenters. The van der Waals surface area contributed by atoms with Crippen molar-refractivity contribution in [2.75, 3.05) is 0 Å². The van der Waals surface area contributed by atoms with Crippen molar-refractivity contribution in [2.24, 2.45) is 5.10 Å². The molecule has 0 saturated heterocycles. The number of benzene rings is 2. The fourth-order valence-corrected chi connectivity index (χ4v) is 4.81. The molecule has 0 aliphatic heterocycles. The number of nitrogens with zero attached hydrogens (tertiary/aromatic N) is 5. The third kappa shape index (κ3) is 5.03. The molecule has 0 amide bonds. The summed E-state index contributed by atoms with van der Waals surface area (Å²) < 4.78 is 7.82. The summed E-state index contributed by atoms with van der Waals surface area (Å²) in [5.74, 6) is 1.62. The van der Waals surface area contributed by atoms with Gasteiger partial charge >= 0.3 is 0 Å². The summed E-state index contributed by atoms with van der Waals surface area (Å²) in [6.45, 7) is 0. The van der Waals surface area contributed by atoms with Gasteiger partial charge in [-0.1, -0.05) is 31.4 Å². The van der Waals surface area contributed by atoms with Crippen molar-refractivity contribution in [1.29, 1.82) is 0 Å². The van der Waals surface area contributed by atoms with Gasteiger partial charge in [0, 0.05) is 18.1 Å². The maximum Gasteiger partial charge on any atom is 0.287 e. The molecule has 182 valence electrons. The van der Waals surface area contributed by atoms with Gasteiger partial charge in [0.1, 0.15) is 17.8 Å². The Labute approximate surface area is 214 Å². The second-order valence-electron chi connectivity index (χ2n) is 8.59. The first kappa shape index (κ1) is 23.8. The van der Waals surface area contributed by atoms with Crippen LogP contribution in [0.1, 0.15) is 49.4 Å². The van der Waals surface area contributed by atoms with Crippen LogP contribution >= 0.6 is 15.9 Å². The molecule has 0 bridgehead atoms. The maximum atomic E-state index is 13.3. The Hall–Kier alpha value is -3.92. The van der Waals surface area contributed by atoms with Gasteiger partial charge in [0.2, 0.25) is 5.88 Å². The molecule has 1 saturated carbocycles. The van der Waals surface area contributed by atoms with Gasteiger partial charge in [0.25, 0.3) is 11.2 Å². The smallest absolute Gasteiger partial charge is 0.287 e. The average molecular weight is 548 g/mol. The summed E-state index contributed by atoms with van der Waals surface area (Å²) in [5.41, 5.74) is 1.15. The molecular formula is C26H22BrN5O4. The van der Waals surface area contributed by atoms with E-state index in [4.69, 9.17) is 9.72 Å². The summed E-state index contributed by atoms with van der Waals surface area (Å²) in [4.78, 5) is 32.4. The van der Waals surface area contributed by atoms with Crippen LogP contribution in [0.5, 0.6) is 11.6 Å². The number of pyridine rings is 1. The average Bonchev–Trinajstić information content (AvgIpc) is 2.90. The number of fused-ring (bicyclic) bond motifs is 1. The number of halogens is 1. The molecule has 10 heteroatoms.